The second-order valence-corrected chi connectivity index (χ2v) is 6.11. The zero-order chi connectivity index (χ0) is 21.3. The minimum Gasteiger partial charge on any atom is -0.452 e. The van der Waals surface area contributed by atoms with Crippen LogP contribution in [0.4, 0.5) is 5.69 Å². The molecule has 3 rings (SSSR count). The van der Waals surface area contributed by atoms with Gasteiger partial charge >= 0.3 is 5.97 Å². The van der Waals surface area contributed by atoms with Crippen LogP contribution in [0.25, 0.3) is 0 Å². The van der Waals surface area contributed by atoms with Crippen molar-refractivity contribution in [3.63, 3.8) is 0 Å². The lowest BCUT2D eigenvalue weighted by Gasteiger charge is -2.08. The highest BCUT2D eigenvalue weighted by atomic mass is 16.6. The number of nitro groups is 1. The van der Waals surface area contributed by atoms with E-state index in [2.05, 4.69) is 10.5 Å². The van der Waals surface area contributed by atoms with Crippen LogP contribution in [0.1, 0.15) is 21.5 Å². The molecule has 8 nitrogen and oxygen atoms in total. The fourth-order valence-electron chi connectivity index (χ4n) is 2.57. The van der Waals surface area contributed by atoms with Gasteiger partial charge in [-0.25, -0.2) is 10.2 Å². The highest BCUT2D eigenvalue weighted by molar-refractivity contribution is 6.13. The van der Waals surface area contributed by atoms with Crippen molar-refractivity contribution in [2.75, 3.05) is 6.61 Å². The predicted octanol–water partition coefficient (Wildman–Crippen LogP) is 3.32. The van der Waals surface area contributed by atoms with Crippen molar-refractivity contribution in [2.45, 2.75) is 0 Å². The molecule has 30 heavy (non-hydrogen) atoms. The van der Waals surface area contributed by atoms with Gasteiger partial charge in [0.25, 0.3) is 11.6 Å². The van der Waals surface area contributed by atoms with E-state index < -0.39 is 23.4 Å². The summed E-state index contributed by atoms with van der Waals surface area (Å²) in [5.74, 6) is -1.38. The SMILES string of the molecule is O=C(COC(=O)c1ccc([N+](=O)[O-])cc1)NN=C(c1ccccc1)c1ccccc1. The lowest BCUT2D eigenvalue weighted by atomic mass is 10.0. The Morgan fingerprint density at radius 2 is 1.37 bits per heavy atom. The number of esters is 1. The first kappa shape index (κ1) is 20.4. The molecule has 0 atom stereocenters. The zero-order valence-electron chi connectivity index (χ0n) is 15.7. The first-order valence-electron chi connectivity index (χ1n) is 8.93. The van der Waals surface area contributed by atoms with E-state index in [9.17, 15) is 19.7 Å². The van der Waals surface area contributed by atoms with Gasteiger partial charge in [0, 0.05) is 23.3 Å². The van der Waals surface area contributed by atoms with Crippen molar-refractivity contribution in [1.29, 1.82) is 0 Å². The van der Waals surface area contributed by atoms with Crippen LogP contribution in [0.15, 0.2) is 90.0 Å². The molecule has 0 bridgehead atoms. The summed E-state index contributed by atoms with van der Waals surface area (Å²) in [4.78, 5) is 34.2. The maximum absolute atomic E-state index is 12.1. The number of hydrogen-bond donors (Lipinski definition) is 1. The number of rotatable bonds is 7. The molecule has 0 saturated carbocycles. The van der Waals surface area contributed by atoms with Gasteiger partial charge in [0.1, 0.15) is 0 Å². The number of nitro benzene ring substituents is 1. The van der Waals surface area contributed by atoms with Crippen LogP contribution in [-0.2, 0) is 9.53 Å². The van der Waals surface area contributed by atoms with E-state index in [1.54, 1.807) is 0 Å². The predicted molar refractivity (Wildman–Crippen MR) is 110 cm³/mol. The Kier molecular flexibility index (Phi) is 6.63. The van der Waals surface area contributed by atoms with Crippen molar-refractivity contribution in [3.05, 3.63) is 112 Å². The number of hydrogen-bond acceptors (Lipinski definition) is 6. The van der Waals surface area contributed by atoms with Crippen LogP contribution < -0.4 is 5.43 Å². The molecule has 3 aromatic rings. The minimum absolute atomic E-state index is 0.103. The number of benzene rings is 3. The van der Waals surface area contributed by atoms with Crippen LogP contribution >= 0.6 is 0 Å². The van der Waals surface area contributed by atoms with Crippen molar-refractivity contribution in [2.24, 2.45) is 5.10 Å². The standard InChI is InChI=1S/C22H17N3O5/c26-20(15-30-22(27)18-11-13-19(14-12-18)25(28)29)23-24-21(16-7-3-1-4-8-16)17-9-5-2-6-10-17/h1-14H,15H2,(H,23,26). The Morgan fingerprint density at radius 3 is 1.87 bits per heavy atom. The molecule has 1 amide bonds. The zero-order valence-corrected chi connectivity index (χ0v) is 15.7. The summed E-state index contributed by atoms with van der Waals surface area (Å²) in [5.41, 5.74) is 4.54. The molecule has 0 fully saturated rings. The van der Waals surface area contributed by atoms with Gasteiger partial charge in [-0.1, -0.05) is 60.7 Å². The largest absolute Gasteiger partial charge is 0.452 e. The van der Waals surface area contributed by atoms with Crippen molar-refractivity contribution >= 4 is 23.3 Å². The molecule has 0 aliphatic carbocycles. The Labute approximate surface area is 172 Å². The molecule has 0 unspecified atom stereocenters. The summed E-state index contributed by atoms with van der Waals surface area (Å²) in [6.45, 7) is -0.545. The van der Waals surface area contributed by atoms with Gasteiger partial charge in [-0.05, 0) is 12.1 Å². The number of nitrogens with zero attached hydrogens (tertiary/aromatic N) is 2. The summed E-state index contributed by atoms with van der Waals surface area (Å²) in [7, 11) is 0. The lowest BCUT2D eigenvalue weighted by Crippen LogP contribution is -2.26. The highest BCUT2D eigenvalue weighted by Gasteiger charge is 2.13. The monoisotopic (exact) mass is 403 g/mol. The Morgan fingerprint density at radius 1 is 0.833 bits per heavy atom. The molecule has 0 aliphatic heterocycles. The van der Waals surface area contributed by atoms with Gasteiger partial charge in [-0.2, -0.15) is 5.10 Å². The van der Waals surface area contributed by atoms with Crippen molar-refractivity contribution in [1.82, 2.24) is 5.43 Å². The van der Waals surface area contributed by atoms with Gasteiger partial charge in [0.05, 0.1) is 16.2 Å². The van der Waals surface area contributed by atoms with E-state index in [-0.39, 0.29) is 11.3 Å². The Hall–Kier alpha value is -4.33. The van der Waals surface area contributed by atoms with E-state index in [1.165, 1.54) is 24.3 Å². The number of nitrogens with one attached hydrogen (secondary N) is 1. The third kappa shape index (κ3) is 5.35. The molecule has 0 heterocycles. The number of ether oxygens (including phenoxy) is 1. The first-order valence-corrected chi connectivity index (χ1v) is 8.93. The molecule has 0 saturated heterocycles. The molecule has 1 N–H and O–H groups in total. The van der Waals surface area contributed by atoms with Crippen LogP contribution in [0.3, 0.4) is 0 Å². The van der Waals surface area contributed by atoms with E-state index in [0.29, 0.717) is 5.71 Å². The number of carbonyl (C=O) groups excluding carboxylic acids is 2. The van der Waals surface area contributed by atoms with E-state index >= 15 is 0 Å². The second kappa shape index (κ2) is 9.74. The van der Waals surface area contributed by atoms with E-state index in [0.717, 1.165) is 11.1 Å². The normalized spacial score (nSPS) is 10.0. The quantitative estimate of drug-likeness (QED) is 0.282. The summed E-state index contributed by atoms with van der Waals surface area (Å²) in [6, 6.07) is 23.6. The van der Waals surface area contributed by atoms with Crippen molar-refractivity contribution in [3.8, 4) is 0 Å². The van der Waals surface area contributed by atoms with Crippen LogP contribution in [0, 0.1) is 10.1 Å². The van der Waals surface area contributed by atoms with Crippen LogP contribution in [0.5, 0.6) is 0 Å². The fraction of sp³-hybridized carbons (Fsp3) is 0.0455. The maximum atomic E-state index is 12.1. The van der Waals surface area contributed by atoms with E-state index in [1.807, 2.05) is 60.7 Å². The molecular formula is C22H17N3O5. The maximum Gasteiger partial charge on any atom is 0.338 e. The van der Waals surface area contributed by atoms with Gasteiger partial charge < -0.3 is 4.74 Å². The smallest absolute Gasteiger partial charge is 0.338 e. The van der Waals surface area contributed by atoms with Crippen molar-refractivity contribution < 1.29 is 19.2 Å². The highest BCUT2D eigenvalue weighted by Crippen LogP contribution is 2.13. The lowest BCUT2D eigenvalue weighted by molar-refractivity contribution is -0.384. The second-order valence-electron chi connectivity index (χ2n) is 6.11. The molecule has 0 spiro atoms. The van der Waals surface area contributed by atoms with Gasteiger partial charge in [-0.15, -0.1) is 0 Å². The van der Waals surface area contributed by atoms with Gasteiger partial charge in [0.2, 0.25) is 0 Å². The number of carbonyl (C=O) groups is 2. The van der Waals surface area contributed by atoms with Crippen LogP contribution in [-0.4, -0.2) is 29.1 Å². The molecule has 3 aromatic carbocycles. The summed E-state index contributed by atoms with van der Waals surface area (Å²) < 4.78 is 4.94. The average Bonchev–Trinajstić information content (AvgIpc) is 2.79. The average molecular weight is 403 g/mol. The van der Waals surface area contributed by atoms with Gasteiger partial charge in [-0.3, -0.25) is 14.9 Å². The first-order chi connectivity index (χ1) is 14.5. The molecule has 0 aliphatic rings. The van der Waals surface area contributed by atoms with E-state index in [4.69, 9.17) is 4.74 Å². The molecule has 0 aromatic heterocycles. The minimum atomic E-state index is -0.768. The third-order valence-corrected chi connectivity index (χ3v) is 4.04. The Balaban J connectivity index is 1.64. The molecule has 0 radical (unpaired) electrons. The fourth-order valence-corrected chi connectivity index (χ4v) is 2.57. The number of amides is 1. The summed E-state index contributed by atoms with van der Waals surface area (Å²) in [5, 5.41) is 14.8. The topological polar surface area (TPSA) is 111 Å². The summed E-state index contributed by atoms with van der Waals surface area (Å²) >= 11 is 0. The Bertz CT molecular complexity index is 1020. The molecular weight excluding hydrogens is 386 g/mol. The summed E-state index contributed by atoms with van der Waals surface area (Å²) in [6.07, 6.45) is 0. The molecule has 8 heteroatoms. The number of hydrazone groups is 1. The third-order valence-electron chi connectivity index (χ3n) is 4.04. The molecule has 150 valence electrons. The van der Waals surface area contributed by atoms with Gasteiger partial charge in [0.15, 0.2) is 6.61 Å². The number of non-ortho nitro benzene ring substituents is 1. The van der Waals surface area contributed by atoms with Crippen LogP contribution in [0.2, 0.25) is 0 Å².